The predicted molar refractivity (Wildman–Crippen MR) is 133 cm³/mol. The molecule has 1 aromatic heterocycles. The van der Waals surface area contributed by atoms with E-state index in [-0.39, 0.29) is 16.2 Å². The molecule has 1 heterocycles. The highest BCUT2D eigenvalue weighted by molar-refractivity contribution is 7.94. The summed E-state index contributed by atoms with van der Waals surface area (Å²) >= 11 is 1.17. The summed E-state index contributed by atoms with van der Waals surface area (Å²) in [6, 6.07) is 27.4. The minimum Gasteiger partial charge on any atom is -0.341 e. The Morgan fingerprint density at radius 1 is 0.848 bits per heavy atom. The first-order valence-electron chi connectivity index (χ1n) is 10.4. The van der Waals surface area contributed by atoms with Gasteiger partial charge in [0, 0.05) is 12.6 Å². The van der Waals surface area contributed by atoms with Gasteiger partial charge in [0.15, 0.2) is 0 Å². The van der Waals surface area contributed by atoms with Gasteiger partial charge in [0.1, 0.15) is 4.21 Å². The molecule has 7 heteroatoms. The lowest BCUT2D eigenvalue weighted by atomic mass is 9.97. The number of thiophene rings is 1. The van der Waals surface area contributed by atoms with Gasteiger partial charge in [-0.15, -0.1) is 11.3 Å². The first-order chi connectivity index (χ1) is 15.9. The molecule has 168 valence electrons. The predicted octanol–water partition coefficient (Wildman–Crippen LogP) is 5.40. The molecule has 3 aromatic carbocycles. The monoisotopic (exact) mass is 476 g/mol. The number of nitrogens with one attached hydrogen (secondary N) is 1. The van der Waals surface area contributed by atoms with Crippen LogP contribution in [0.4, 0.5) is 5.69 Å². The number of hydrogen-bond donors (Lipinski definition) is 1. The van der Waals surface area contributed by atoms with Gasteiger partial charge in [0.25, 0.3) is 15.9 Å². The lowest BCUT2D eigenvalue weighted by Gasteiger charge is -2.21. The van der Waals surface area contributed by atoms with Crippen molar-refractivity contribution in [2.75, 3.05) is 11.4 Å². The van der Waals surface area contributed by atoms with Crippen LogP contribution in [0.5, 0.6) is 0 Å². The van der Waals surface area contributed by atoms with Gasteiger partial charge in [-0.2, -0.15) is 0 Å². The number of amides is 1. The number of carbonyl (C=O) groups excluding carboxylic acids is 1. The summed E-state index contributed by atoms with van der Waals surface area (Å²) in [6.07, 6.45) is 0. The van der Waals surface area contributed by atoms with Crippen LogP contribution < -0.4 is 9.62 Å². The maximum Gasteiger partial charge on any atom is 0.273 e. The maximum absolute atomic E-state index is 13.1. The van der Waals surface area contributed by atoms with E-state index in [2.05, 4.69) is 5.32 Å². The quantitative estimate of drug-likeness (QED) is 0.388. The van der Waals surface area contributed by atoms with Gasteiger partial charge in [-0.25, -0.2) is 8.42 Å². The molecule has 0 fully saturated rings. The number of sulfonamides is 1. The van der Waals surface area contributed by atoms with E-state index in [9.17, 15) is 13.2 Å². The number of carbonyl (C=O) groups is 1. The second kappa shape index (κ2) is 9.60. The van der Waals surface area contributed by atoms with Crippen LogP contribution in [-0.2, 0) is 10.0 Å². The zero-order chi connectivity index (χ0) is 23.4. The Balaban J connectivity index is 1.56. The van der Waals surface area contributed by atoms with Crippen LogP contribution in [0.15, 0.2) is 101 Å². The highest BCUT2D eigenvalue weighted by atomic mass is 32.2. The van der Waals surface area contributed by atoms with Crippen LogP contribution >= 0.6 is 11.3 Å². The second-order valence-corrected chi connectivity index (χ2v) is 10.8. The molecule has 1 amide bonds. The molecular weight excluding hydrogens is 452 g/mol. The Bertz CT molecular complexity index is 1320. The summed E-state index contributed by atoms with van der Waals surface area (Å²) < 4.78 is 27.0. The Labute approximate surface area is 198 Å². The molecule has 4 aromatic rings. The minimum absolute atomic E-state index is 0.236. The first kappa shape index (κ1) is 22.8. The Hall–Kier alpha value is -3.42. The third kappa shape index (κ3) is 4.99. The highest BCUT2D eigenvalue weighted by Gasteiger charge is 2.23. The molecule has 5 nitrogen and oxygen atoms in total. The highest BCUT2D eigenvalue weighted by Crippen LogP contribution is 2.26. The van der Waals surface area contributed by atoms with E-state index >= 15 is 0 Å². The summed E-state index contributed by atoms with van der Waals surface area (Å²) in [5.41, 5.74) is 4.05. The summed E-state index contributed by atoms with van der Waals surface area (Å²) in [7, 11) is -2.12. The topological polar surface area (TPSA) is 66.5 Å². The van der Waals surface area contributed by atoms with Crippen molar-refractivity contribution in [3.63, 3.8) is 0 Å². The van der Waals surface area contributed by atoms with Crippen molar-refractivity contribution in [1.82, 2.24) is 5.32 Å². The summed E-state index contributed by atoms with van der Waals surface area (Å²) in [5.74, 6) is -0.236. The Morgan fingerprint density at radius 2 is 1.48 bits per heavy atom. The Morgan fingerprint density at radius 3 is 2.09 bits per heavy atom. The van der Waals surface area contributed by atoms with Crippen molar-refractivity contribution in [2.45, 2.75) is 17.2 Å². The van der Waals surface area contributed by atoms with Crippen molar-refractivity contribution >= 4 is 33.0 Å². The van der Waals surface area contributed by atoms with E-state index in [1.807, 2.05) is 61.5 Å². The van der Waals surface area contributed by atoms with Crippen molar-refractivity contribution in [3.8, 4) is 0 Å². The van der Waals surface area contributed by atoms with Gasteiger partial charge >= 0.3 is 0 Å². The maximum atomic E-state index is 13.1. The number of aryl methyl sites for hydroxylation is 1. The summed E-state index contributed by atoms with van der Waals surface area (Å²) in [5, 5.41) is 4.85. The van der Waals surface area contributed by atoms with Crippen LogP contribution in [-0.4, -0.2) is 21.4 Å². The van der Waals surface area contributed by atoms with Gasteiger partial charge in [-0.3, -0.25) is 9.10 Å². The molecule has 0 aliphatic heterocycles. The van der Waals surface area contributed by atoms with Gasteiger partial charge in [-0.1, -0.05) is 66.2 Å². The van der Waals surface area contributed by atoms with Gasteiger partial charge in [0.2, 0.25) is 0 Å². The van der Waals surface area contributed by atoms with Gasteiger partial charge in [-0.05, 0) is 53.8 Å². The van der Waals surface area contributed by atoms with Crippen molar-refractivity contribution < 1.29 is 13.2 Å². The van der Waals surface area contributed by atoms with Crippen LogP contribution in [0.3, 0.4) is 0 Å². The fourth-order valence-electron chi connectivity index (χ4n) is 3.48. The second-order valence-electron chi connectivity index (χ2n) is 7.68. The van der Waals surface area contributed by atoms with E-state index in [1.54, 1.807) is 41.8 Å². The summed E-state index contributed by atoms with van der Waals surface area (Å²) in [4.78, 5) is 13.1. The molecule has 33 heavy (non-hydrogen) atoms. The molecular formula is C26H24N2O3S2. The zero-order valence-corrected chi connectivity index (χ0v) is 19.9. The molecule has 0 saturated carbocycles. The van der Waals surface area contributed by atoms with E-state index in [0.29, 0.717) is 11.3 Å². The largest absolute Gasteiger partial charge is 0.341 e. The molecule has 0 radical (unpaired) electrons. The molecule has 0 spiro atoms. The van der Waals surface area contributed by atoms with Gasteiger partial charge in [0.05, 0.1) is 11.7 Å². The molecule has 0 saturated heterocycles. The number of benzene rings is 3. The molecule has 0 aliphatic carbocycles. The standard InChI is InChI=1S/C26H24N2O3S2/c1-19-10-12-21(13-11-19)25(20-7-4-3-5-8-20)27-26(29)22-14-16-23(17-15-22)28(2)33(30,31)24-9-6-18-32-24/h3-18,25H,1-2H3,(H,27,29). The SMILES string of the molecule is Cc1ccc(C(NC(=O)c2ccc(N(C)S(=O)(=O)c3cccs3)cc2)c2ccccc2)cc1. The molecule has 4 rings (SSSR count). The minimum atomic E-state index is -3.63. The normalized spacial score (nSPS) is 12.2. The van der Waals surface area contributed by atoms with E-state index < -0.39 is 10.0 Å². The van der Waals surface area contributed by atoms with Crippen molar-refractivity contribution in [2.24, 2.45) is 0 Å². The number of anilines is 1. The smallest absolute Gasteiger partial charge is 0.273 e. The van der Waals surface area contributed by atoms with Crippen molar-refractivity contribution in [3.05, 3.63) is 119 Å². The van der Waals surface area contributed by atoms with Crippen LogP contribution in [0.1, 0.15) is 33.1 Å². The molecule has 0 aliphatic rings. The molecule has 1 unspecified atom stereocenters. The third-order valence-corrected chi connectivity index (χ3v) is 8.58. The molecule has 1 atom stereocenters. The number of hydrogen-bond acceptors (Lipinski definition) is 4. The lowest BCUT2D eigenvalue weighted by molar-refractivity contribution is 0.0943. The van der Waals surface area contributed by atoms with Gasteiger partial charge < -0.3 is 5.32 Å². The van der Waals surface area contributed by atoms with Crippen LogP contribution in [0.25, 0.3) is 0 Å². The van der Waals surface area contributed by atoms with Crippen LogP contribution in [0, 0.1) is 6.92 Å². The fourth-order valence-corrected chi connectivity index (χ4v) is 5.84. The zero-order valence-electron chi connectivity index (χ0n) is 18.3. The van der Waals surface area contributed by atoms with Crippen molar-refractivity contribution in [1.29, 1.82) is 0 Å². The lowest BCUT2D eigenvalue weighted by Crippen LogP contribution is -2.29. The number of nitrogens with zero attached hydrogens (tertiary/aromatic N) is 1. The molecule has 0 bridgehead atoms. The van der Waals surface area contributed by atoms with E-state index in [4.69, 9.17) is 0 Å². The third-order valence-electron chi connectivity index (χ3n) is 5.42. The average molecular weight is 477 g/mol. The average Bonchev–Trinajstić information content (AvgIpc) is 3.39. The number of rotatable bonds is 7. The van der Waals surface area contributed by atoms with Crippen LogP contribution in [0.2, 0.25) is 0 Å². The fraction of sp³-hybridized carbons (Fsp3) is 0.115. The summed E-state index contributed by atoms with van der Waals surface area (Å²) in [6.45, 7) is 2.02. The molecule has 1 N–H and O–H groups in total. The van der Waals surface area contributed by atoms with E-state index in [0.717, 1.165) is 16.7 Å². The Kier molecular flexibility index (Phi) is 6.62. The van der Waals surface area contributed by atoms with E-state index in [1.165, 1.54) is 22.7 Å². The first-order valence-corrected chi connectivity index (χ1v) is 12.7.